The molecule has 0 bridgehead atoms. The van der Waals surface area contributed by atoms with Crippen LogP contribution in [0.4, 0.5) is 0 Å². The van der Waals surface area contributed by atoms with Gasteiger partial charge in [0.15, 0.2) is 12.1 Å². The molecule has 9 nitrogen and oxygen atoms in total. The quantitative estimate of drug-likeness (QED) is 0.0642. The van der Waals surface area contributed by atoms with Gasteiger partial charge in [0, 0.05) is 6.42 Å². The summed E-state index contributed by atoms with van der Waals surface area (Å²) in [5, 5.41) is 24.3. The van der Waals surface area contributed by atoms with E-state index < -0.39 is 48.4 Å². The second kappa shape index (κ2) is 24.0. The van der Waals surface area contributed by atoms with Gasteiger partial charge in [-0.2, -0.15) is 0 Å². The molecule has 2 heterocycles. The zero-order valence-corrected chi connectivity index (χ0v) is 29.8. The smallest absolute Gasteiger partial charge is 0.306 e. The van der Waals surface area contributed by atoms with E-state index in [-0.39, 0.29) is 19.0 Å². The fourth-order valence-electron chi connectivity index (χ4n) is 6.53. The predicted octanol–water partition coefficient (Wildman–Crippen LogP) is 7.62. The highest BCUT2D eigenvalue weighted by Gasteiger charge is 2.50. The van der Waals surface area contributed by atoms with E-state index in [1.807, 2.05) is 0 Å². The lowest BCUT2D eigenvalue weighted by atomic mass is 9.95. The number of ether oxygens (including phenoxy) is 4. The molecule has 46 heavy (non-hydrogen) atoms. The fraction of sp³-hybridized carbons (Fsp3) is 0.946. The minimum Gasteiger partial charge on any atom is -0.462 e. The molecule has 9 heteroatoms. The first-order valence-corrected chi connectivity index (χ1v) is 19.0. The second-order valence-corrected chi connectivity index (χ2v) is 14.2. The number of aliphatic hydroxyl groups is 2. The highest BCUT2D eigenvalue weighted by atomic mass is 16.7. The van der Waals surface area contributed by atoms with Crippen LogP contribution in [-0.2, 0) is 28.5 Å². The van der Waals surface area contributed by atoms with E-state index in [1.54, 1.807) is 13.8 Å². The van der Waals surface area contributed by atoms with Crippen molar-refractivity contribution in [1.29, 1.82) is 0 Å². The number of hydrogen-bond acceptors (Lipinski definition) is 8. The zero-order chi connectivity index (χ0) is 33.6. The van der Waals surface area contributed by atoms with Gasteiger partial charge in [0.25, 0.3) is 0 Å². The number of carbonyl (C=O) groups is 2. The molecule has 2 rings (SSSR count). The first kappa shape index (κ1) is 40.9. The molecule has 0 spiro atoms. The monoisotopic (exact) mass is 656 g/mol. The average Bonchev–Trinajstić information content (AvgIpc) is 3.01. The van der Waals surface area contributed by atoms with E-state index in [9.17, 15) is 19.8 Å². The summed E-state index contributed by atoms with van der Waals surface area (Å²) in [6.45, 7) is 8.13. The molecule has 2 saturated heterocycles. The Bertz CT molecular complexity index is 808. The molecular formula is C37H69NO8. The molecule has 2 aliphatic heterocycles. The maximum Gasteiger partial charge on any atom is 0.306 e. The Hall–Kier alpha value is -1.26. The van der Waals surface area contributed by atoms with Crippen LogP contribution in [0.15, 0.2) is 0 Å². The molecule has 0 aromatic rings. The zero-order valence-electron chi connectivity index (χ0n) is 29.8. The van der Waals surface area contributed by atoms with Gasteiger partial charge in [-0.05, 0) is 33.1 Å². The summed E-state index contributed by atoms with van der Waals surface area (Å²) in [6, 6.07) is -1.07. The van der Waals surface area contributed by atoms with Crippen LogP contribution in [0, 0.1) is 0 Å². The van der Waals surface area contributed by atoms with Crippen LogP contribution in [0.2, 0.25) is 0 Å². The molecule has 0 aromatic heterocycles. The first-order chi connectivity index (χ1) is 22.2. The molecule has 3 N–H and O–H groups in total. The Kier molecular flexibility index (Phi) is 21.3. The van der Waals surface area contributed by atoms with Gasteiger partial charge in [0.2, 0.25) is 5.91 Å². The lowest BCUT2D eigenvalue weighted by Gasteiger charge is -2.48. The molecule has 0 aromatic carbocycles. The lowest BCUT2D eigenvalue weighted by molar-refractivity contribution is -0.364. The van der Waals surface area contributed by atoms with Crippen molar-refractivity contribution in [1.82, 2.24) is 5.32 Å². The normalized spacial score (nSPS) is 24.7. The number of unbranched alkanes of at least 4 members (excludes halogenated alkanes) is 18. The lowest BCUT2D eigenvalue weighted by Crippen LogP contribution is -2.68. The molecule has 0 unspecified atom stereocenters. The molecule has 0 saturated carbocycles. The largest absolute Gasteiger partial charge is 0.462 e. The number of aliphatic hydroxyl groups excluding tert-OH is 2. The molecule has 2 fully saturated rings. The Labute approximate surface area is 280 Å². The van der Waals surface area contributed by atoms with Gasteiger partial charge in [-0.1, -0.05) is 129 Å². The van der Waals surface area contributed by atoms with Crippen LogP contribution >= 0.6 is 0 Å². The van der Waals surface area contributed by atoms with Gasteiger partial charge in [0.05, 0.1) is 13.0 Å². The fourth-order valence-corrected chi connectivity index (χ4v) is 6.53. The summed E-state index contributed by atoms with van der Waals surface area (Å²) < 4.78 is 22.9. The third-order valence-corrected chi connectivity index (χ3v) is 9.36. The van der Waals surface area contributed by atoms with E-state index in [0.29, 0.717) is 12.8 Å². The molecule has 0 radical (unpaired) electrons. The van der Waals surface area contributed by atoms with Crippen molar-refractivity contribution in [2.45, 2.75) is 218 Å². The SMILES string of the molecule is CCCCCCCCCCCCCC(=O)O[C@@H](CCCCCCCCCCC)CC(=O)N[C@@H]1[C@@H](O)[C@@H]2OC(C)(C)OC[C@H]2O[C@H]1O. The third-order valence-electron chi connectivity index (χ3n) is 9.36. The van der Waals surface area contributed by atoms with Crippen molar-refractivity contribution in [3.63, 3.8) is 0 Å². The van der Waals surface area contributed by atoms with E-state index >= 15 is 0 Å². The number of nitrogens with one attached hydrogen (secondary N) is 1. The topological polar surface area (TPSA) is 124 Å². The van der Waals surface area contributed by atoms with Crippen molar-refractivity contribution >= 4 is 11.9 Å². The summed E-state index contributed by atoms with van der Waals surface area (Å²) in [5.41, 5.74) is 0. The van der Waals surface area contributed by atoms with E-state index in [4.69, 9.17) is 18.9 Å². The van der Waals surface area contributed by atoms with Gasteiger partial charge in [-0.15, -0.1) is 0 Å². The molecule has 1 amide bonds. The average molecular weight is 656 g/mol. The minimum absolute atomic E-state index is 0.0273. The first-order valence-electron chi connectivity index (χ1n) is 19.0. The van der Waals surface area contributed by atoms with Gasteiger partial charge in [0.1, 0.15) is 30.5 Å². The number of carbonyl (C=O) groups excluding carboxylic acids is 2. The number of rotatable bonds is 26. The van der Waals surface area contributed by atoms with Crippen LogP contribution in [0.5, 0.6) is 0 Å². The maximum absolute atomic E-state index is 13.2. The van der Waals surface area contributed by atoms with Crippen molar-refractivity contribution in [2.75, 3.05) is 6.61 Å². The van der Waals surface area contributed by atoms with E-state index in [1.165, 1.54) is 89.9 Å². The summed E-state index contributed by atoms with van der Waals surface area (Å²) in [7, 11) is 0. The number of hydrogen-bond donors (Lipinski definition) is 3. The van der Waals surface area contributed by atoms with Crippen molar-refractivity contribution in [2.24, 2.45) is 0 Å². The number of esters is 1. The highest BCUT2D eigenvalue weighted by molar-refractivity contribution is 5.77. The van der Waals surface area contributed by atoms with Gasteiger partial charge in [-0.25, -0.2) is 0 Å². The number of amides is 1. The maximum atomic E-state index is 13.2. The van der Waals surface area contributed by atoms with Crippen molar-refractivity contribution < 1.29 is 38.7 Å². The van der Waals surface area contributed by atoms with E-state index in [0.717, 1.165) is 38.5 Å². The summed E-state index contributed by atoms with van der Waals surface area (Å²) in [5.74, 6) is -1.57. The summed E-state index contributed by atoms with van der Waals surface area (Å²) in [6.07, 6.45) is 20.4. The van der Waals surface area contributed by atoms with Crippen LogP contribution in [0.25, 0.3) is 0 Å². The number of fused-ring (bicyclic) bond motifs is 1. The van der Waals surface area contributed by atoms with Crippen molar-refractivity contribution in [3.05, 3.63) is 0 Å². The van der Waals surface area contributed by atoms with E-state index in [2.05, 4.69) is 19.2 Å². The van der Waals surface area contributed by atoms with Crippen LogP contribution in [0.1, 0.15) is 175 Å². The second-order valence-electron chi connectivity index (χ2n) is 14.2. The van der Waals surface area contributed by atoms with Crippen LogP contribution < -0.4 is 5.32 Å². The van der Waals surface area contributed by atoms with Gasteiger partial charge >= 0.3 is 5.97 Å². The van der Waals surface area contributed by atoms with Gasteiger partial charge in [-0.3, -0.25) is 9.59 Å². The van der Waals surface area contributed by atoms with Crippen LogP contribution in [-0.4, -0.2) is 71.2 Å². The van der Waals surface area contributed by atoms with Crippen molar-refractivity contribution in [3.8, 4) is 0 Å². The summed E-state index contributed by atoms with van der Waals surface area (Å²) >= 11 is 0. The Balaban J connectivity index is 1.78. The Morgan fingerprint density at radius 1 is 0.783 bits per heavy atom. The molecule has 2 aliphatic rings. The molecular weight excluding hydrogens is 586 g/mol. The van der Waals surface area contributed by atoms with Crippen LogP contribution in [0.3, 0.4) is 0 Å². The summed E-state index contributed by atoms with van der Waals surface area (Å²) in [4.78, 5) is 25.9. The minimum atomic E-state index is -1.41. The molecule has 270 valence electrons. The molecule has 0 aliphatic carbocycles. The Morgan fingerprint density at radius 2 is 1.28 bits per heavy atom. The predicted molar refractivity (Wildman–Crippen MR) is 181 cm³/mol. The Morgan fingerprint density at radius 3 is 1.83 bits per heavy atom. The standard InChI is InChI=1S/C37H69NO8/c1-5-7-9-11-13-15-16-18-20-22-24-26-32(40)44-29(25-23-21-19-17-14-12-10-8-6-2)27-31(39)38-33-34(41)35-30(45-36(33)42)28-43-37(3,4)46-35/h29-30,33-36,41-42H,5-28H2,1-4H3,(H,38,39)/t29-,30+,33+,34+,35+,36+/m0/s1. The van der Waals surface area contributed by atoms with Gasteiger partial charge < -0.3 is 34.5 Å². The third kappa shape index (κ3) is 17.2. The molecule has 6 atom stereocenters. The highest BCUT2D eigenvalue weighted by Crippen LogP contribution is 2.32.